The molecule has 0 amide bonds. The van der Waals surface area contributed by atoms with Crippen LogP contribution < -0.4 is 0 Å². The van der Waals surface area contributed by atoms with Crippen molar-refractivity contribution < 1.29 is 8.78 Å². The van der Waals surface area contributed by atoms with Crippen molar-refractivity contribution in [1.82, 2.24) is 9.97 Å². The summed E-state index contributed by atoms with van der Waals surface area (Å²) in [5, 5.41) is -2.43. The van der Waals surface area contributed by atoms with Crippen LogP contribution in [0, 0.1) is 0 Å². The Balaban J connectivity index is 2.12. The highest BCUT2D eigenvalue weighted by Gasteiger charge is 2.32. The zero-order chi connectivity index (χ0) is 16.0. The summed E-state index contributed by atoms with van der Waals surface area (Å²) in [4.78, 5) is 7.61. The molecule has 0 spiro atoms. The number of nitrogens with zero attached hydrogens (tertiary/aromatic N) is 1. The molecule has 0 fully saturated rings. The molecule has 2 aromatic carbocycles. The standard InChI is InChI=1S/C18H11ClF2N2/c19-18(20,21)13-10-15(11-6-2-1-3-7-11)23-17-16(13)12-8-4-5-9-14(12)22-17/h1-10H,(H,22,23). The van der Waals surface area contributed by atoms with Crippen LogP contribution in [-0.4, -0.2) is 9.97 Å². The monoisotopic (exact) mass is 328 g/mol. The van der Waals surface area contributed by atoms with Crippen LogP contribution in [0.4, 0.5) is 8.78 Å². The second-order valence-corrected chi connectivity index (χ2v) is 5.79. The summed E-state index contributed by atoms with van der Waals surface area (Å²) in [6.45, 7) is 0. The maximum atomic E-state index is 14.0. The third-order valence-corrected chi connectivity index (χ3v) is 4.05. The number of aromatic amines is 1. The van der Waals surface area contributed by atoms with E-state index >= 15 is 0 Å². The number of benzene rings is 2. The lowest BCUT2D eigenvalue weighted by atomic mass is 10.0. The smallest absolute Gasteiger partial charge is 0.339 e. The number of para-hydroxylation sites is 1. The van der Waals surface area contributed by atoms with Crippen molar-refractivity contribution in [2.24, 2.45) is 0 Å². The maximum absolute atomic E-state index is 14.0. The van der Waals surface area contributed by atoms with Crippen LogP contribution in [0.3, 0.4) is 0 Å². The Morgan fingerprint density at radius 3 is 2.39 bits per heavy atom. The number of pyridine rings is 1. The van der Waals surface area contributed by atoms with E-state index in [0.717, 1.165) is 11.1 Å². The number of rotatable bonds is 2. The van der Waals surface area contributed by atoms with Crippen LogP contribution in [0.25, 0.3) is 33.2 Å². The molecule has 5 heteroatoms. The minimum absolute atomic E-state index is 0.236. The number of nitrogens with one attached hydrogen (secondary N) is 1. The molecule has 0 saturated heterocycles. The number of aromatic nitrogens is 2. The highest BCUT2D eigenvalue weighted by molar-refractivity contribution is 6.24. The van der Waals surface area contributed by atoms with Crippen molar-refractivity contribution in [2.45, 2.75) is 5.38 Å². The summed E-state index contributed by atoms with van der Waals surface area (Å²) >= 11 is 5.38. The van der Waals surface area contributed by atoms with Gasteiger partial charge in [-0.05, 0) is 23.7 Å². The zero-order valence-corrected chi connectivity index (χ0v) is 12.6. The highest BCUT2D eigenvalue weighted by Crippen LogP contribution is 2.41. The maximum Gasteiger partial charge on any atom is 0.349 e. The topological polar surface area (TPSA) is 28.7 Å². The normalized spacial score (nSPS) is 12.1. The number of fused-ring (bicyclic) bond motifs is 3. The molecule has 0 aliphatic carbocycles. The Morgan fingerprint density at radius 1 is 0.957 bits per heavy atom. The first-order valence-corrected chi connectivity index (χ1v) is 7.46. The molecule has 114 valence electrons. The lowest BCUT2D eigenvalue weighted by Gasteiger charge is -2.12. The van der Waals surface area contributed by atoms with E-state index in [1.165, 1.54) is 6.07 Å². The van der Waals surface area contributed by atoms with Gasteiger partial charge in [-0.3, -0.25) is 0 Å². The van der Waals surface area contributed by atoms with Gasteiger partial charge in [-0.1, -0.05) is 48.5 Å². The van der Waals surface area contributed by atoms with Gasteiger partial charge in [-0.2, -0.15) is 8.78 Å². The summed E-state index contributed by atoms with van der Waals surface area (Å²) in [5.74, 6) is 0. The molecule has 4 rings (SSSR count). The van der Waals surface area contributed by atoms with Crippen molar-refractivity contribution in [3.63, 3.8) is 0 Å². The van der Waals surface area contributed by atoms with Crippen molar-refractivity contribution in [3.05, 3.63) is 66.2 Å². The Morgan fingerprint density at radius 2 is 1.65 bits per heavy atom. The molecule has 0 bridgehead atoms. The Labute approximate surface area is 135 Å². The summed E-state index contributed by atoms with van der Waals surface area (Å²) in [6.07, 6.45) is 0. The van der Waals surface area contributed by atoms with E-state index in [0.29, 0.717) is 22.1 Å². The van der Waals surface area contributed by atoms with Gasteiger partial charge >= 0.3 is 5.38 Å². The van der Waals surface area contributed by atoms with E-state index < -0.39 is 5.38 Å². The summed E-state index contributed by atoms with van der Waals surface area (Å²) in [5.41, 5.74) is 2.14. The Bertz CT molecular complexity index is 1000. The molecule has 0 unspecified atom stereocenters. The largest absolute Gasteiger partial charge is 0.349 e. The molecule has 0 saturated carbocycles. The molecule has 2 aromatic heterocycles. The van der Waals surface area contributed by atoms with Gasteiger partial charge in [-0.25, -0.2) is 4.98 Å². The van der Waals surface area contributed by atoms with Gasteiger partial charge in [0.15, 0.2) is 0 Å². The first-order valence-electron chi connectivity index (χ1n) is 7.08. The van der Waals surface area contributed by atoms with Gasteiger partial charge in [-0.15, -0.1) is 0 Å². The number of alkyl halides is 3. The minimum Gasteiger partial charge on any atom is -0.339 e. The van der Waals surface area contributed by atoms with Crippen LogP contribution >= 0.6 is 11.6 Å². The lowest BCUT2D eigenvalue weighted by molar-refractivity contribution is 0.0969. The van der Waals surface area contributed by atoms with Gasteiger partial charge in [0, 0.05) is 21.9 Å². The van der Waals surface area contributed by atoms with Gasteiger partial charge in [0.05, 0.1) is 11.3 Å². The fourth-order valence-electron chi connectivity index (χ4n) is 2.83. The Kier molecular flexibility index (Phi) is 3.10. The number of hydrogen-bond acceptors (Lipinski definition) is 1. The van der Waals surface area contributed by atoms with Crippen LogP contribution in [0.15, 0.2) is 60.7 Å². The third-order valence-electron chi connectivity index (χ3n) is 3.84. The van der Waals surface area contributed by atoms with Crippen molar-refractivity contribution in [2.75, 3.05) is 0 Å². The molecule has 4 aromatic rings. The summed E-state index contributed by atoms with van der Waals surface area (Å²) in [6, 6.07) is 17.8. The quantitative estimate of drug-likeness (QED) is 0.472. The second-order valence-electron chi connectivity index (χ2n) is 5.31. The summed E-state index contributed by atoms with van der Waals surface area (Å²) in [7, 11) is 0. The van der Waals surface area contributed by atoms with Crippen LogP contribution in [0.1, 0.15) is 5.56 Å². The molecule has 2 nitrogen and oxygen atoms in total. The van der Waals surface area contributed by atoms with E-state index in [9.17, 15) is 8.78 Å². The van der Waals surface area contributed by atoms with Crippen LogP contribution in [-0.2, 0) is 5.38 Å². The molecule has 1 N–H and O–H groups in total. The van der Waals surface area contributed by atoms with E-state index in [4.69, 9.17) is 11.6 Å². The third kappa shape index (κ3) is 2.35. The van der Waals surface area contributed by atoms with Gasteiger partial charge in [0.2, 0.25) is 0 Å². The minimum atomic E-state index is -3.48. The van der Waals surface area contributed by atoms with E-state index in [1.807, 2.05) is 42.5 Å². The number of hydrogen-bond donors (Lipinski definition) is 1. The van der Waals surface area contributed by atoms with Gasteiger partial charge < -0.3 is 4.98 Å². The lowest BCUT2D eigenvalue weighted by Crippen LogP contribution is -2.05. The first kappa shape index (κ1) is 14.2. The molecule has 0 aliphatic rings. The van der Waals surface area contributed by atoms with Crippen molar-refractivity contribution in [1.29, 1.82) is 0 Å². The van der Waals surface area contributed by atoms with Crippen molar-refractivity contribution >= 4 is 33.5 Å². The fourth-order valence-corrected chi connectivity index (χ4v) is 2.98. The van der Waals surface area contributed by atoms with Gasteiger partial charge in [0.25, 0.3) is 0 Å². The molecule has 0 radical (unpaired) electrons. The average molecular weight is 329 g/mol. The second kappa shape index (κ2) is 5.03. The highest BCUT2D eigenvalue weighted by atomic mass is 35.5. The van der Waals surface area contributed by atoms with Crippen LogP contribution in [0.5, 0.6) is 0 Å². The predicted molar refractivity (Wildman–Crippen MR) is 88.8 cm³/mol. The average Bonchev–Trinajstić information content (AvgIpc) is 2.92. The number of H-pyrrole nitrogens is 1. The van der Waals surface area contributed by atoms with Gasteiger partial charge in [0.1, 0.15) is 5.65 Å². The zero-order valence-electron chi connectivity index (χ0n) is 11.9. The fraction of sp³-hybridized carbons (Fsp3) is 0.0556. The predicted octanol–water partition coefficient (Wildman–Crippen LogP) is 5.67. The van der Waals surface area contributed by atoms with E-state index in [2.05, 4.69) is 9.97 Å². The number of halogens is 3. The SMILES string of the molecule is FC(F)(Cl)c1cc(-c2ccccc2)nc2[nH]c3ccccc3c12. The molecular formula is C18H11ClF2N2. The first-order chi connectivity index (χ1) is 11.0. The van der Waals surface area contributed by atoms with Crippen molar-refractivity contribution in [3.8, 4) is 11.3 Å². The molecule has 23 heavy (non-hydrogen) atoms. The molecular weight excluding hydrogens is 318 g/mol. The Hall–Kier alpha value is -2.46. The van der Waals surface area contributed by atoms with Crippen LogP contribution in [0.2, 0.25) is 0 Å². The summed E-state index contributed by atoms with van der Waals surface area (Å²) < 4.78 is 28.0. The molecule has 2 heterocycles. The molecule has 0 aliphatic heterocycles. The van der Waals surface area contributed by atoms with E-state index in [1.54, 1.807) is 12.1 Å². The molecule has 0 atom stereocenters. The van der Waals surface area contributed by atoms with E-state index in [-0.39, 0.29) is 5.56 Å².